The molecular formula is C27H30FN5O5S. The highest BCUT2D eigenvalue weighted by atomic mass is 32.2. The minimum atomic E-state index is -3.88. The Kier molecular flexibility index (Phi) is 7.02. The van der Waals surface area contributed by atoms with Gasteiger partial charge in [-0.3, -0.25) is 15.1 Å². The van der Waals surface area contributed by atoms with Crippen molar-refractivity contribution in [2.45, 2.75) is 69.8 Å². The number of hydrogen-bond donors (Lipinski definition) is 2. The molecule has 4 rings (SSSR count). The molecular weight excluding hydrogens is 525 g/mol. The molecule has 39 heavy (non-hydrogen) atoms. The number of amides is 2. The first-order chi connectivity index (χ1) is 18.1. The lowest BCUT2D eigenvalue weighted by Gasteiger charge is -2.47. The molecule has 1 aromatic carbocycles. The van der Waals surface area contributed by atoms with Crippen LogP contribution in [0.2, 0.25) is 0 Å². The third-order valence-corrected chi connectivity index (χ3v) is 9.60. The van der Waals surface area contributed by atoms with E-state index in [0.29, 0.717) is 17.5 Å². The van der Waals surface area contributed by atoms with Gasteiger partial charge in [0.05, 0.1) is 11.3 Å². The van der Waals surface area contributed by atoms with Crippen LogP contribution in [-0.4, -0.2) is 47.3 Å². The summed E-state index contributed by atoms with van der Waals surface area (Å²) in [6, 6.07) is 7.26. The number of amidine groups is 1. The molecule has 1 aliphatic carbocycles. The monoisotopic (exact) mass is 555 g/mol. The lowest BCUT2D eigenvalue weighted by molar-refractivity contribution is 0.0559. The van der Waals surface area contributed by atoms with Gasteiger partial charge in [-0.05, 0) is 83.7 Å². The number of halogens is 1. The molecule has 1 spiro atoms. The summed E-state index contributed by atoms with van der Waals surface area (Å²) < 4.78 is 46.4. The van der Waals surface area contributed by atoms with Crippen LogP contribution in [-0.2, 0) is 20.1 Å². The normalized spacial score (nSPS) is 21.2. The number of aromatic nitrogens is 1. The molecule has 2 amide bonds. The van der Waals surface area contributed by atoms with E-state index >= 15 is 4.39 Å². The number of aryl methyl sites for hydroxylation is 1. The highest BCUT2D eigenvalue weighted by Gasteiger charge is 2.59. The second kappa shape index (κ2) is 9.72. The highest BCUT2D eigenvalue weighted by molar-refractivity contribution is 7.93. The zero-order valence-electron chi connectivity index (χ0n) is 22.4. The lowest BCUT2D eigenvalue weighted by Crippen LogP contribution is -2.64. The predicted octanol–water partition coefficient (Wildman–Crippen LogP) is 4.14. The van der Waals surface area contributed by atoms with Crippen molar-refractivity contribution in [1.29, 1.82) is 5.26 Å². The summed E-state index contributed by atoms with van der Waals surface area (Å²) in [6.07, 6.45) is 1.64. The number of sulfone groups is 1. The number of nitrogens with zero attached hydrogens (tertiary/aromatic N) is 3. The van der Waals surface area contributed by atoms with Gasteiger partial charge in [-0.1, -0.05) is 0 Å². The average Bonchev–Trinajstić information content (AvgIpc) is 2.76. The number of rotatable bonds is 3. The quantitative estimate of drug-likeness (QED) is 0.578. The number of carbonyl (C=O) groups is 2. The first kappa shape index (κ1) is 28.2. The van der Waals surface area contributed by atoms with Gasteiger partial charge in [0, 0.05) is 17.4 Å². The van der Waals surface area contributed by atoms with Gasteiger partial charge in [-0.15, -0.1) is 0 Å². The van der Waals surface area contributed by atoms with Crippen molar-refractivity contribution in [3.8, 4) is 6.07 Å². The van der Waals surface area contributed by atoms with Gasteiger partial charge in [-0.2, -0.15) is 5.26 Å². The second-order valence-corrected chi connectivity index (χ2v) is 13.4. The summed E-state index contributed by atoms with van der Waals surface area (Å²) in [5.41, 5.74) is -1.43. The fraction of sp³-hybridized carbons (Fsp3) is 0.444. The van der Waals surface area contributed by atoms with Crippen LogP contribution >= 0.6 is 0 Å². The van der Waals surface area contributed by atoms with Crippen LogP contribution in [0.4, 0.5) is 14.9 Å². The van der Waals surface area contributed by atoms with E-state index in [9.17, 15) is 18.0 Å². The molecule has 0 unspecified atom stereocenters. The number of anilines is 1. The Hall–Kier alpha value is -3.85. The van der Waals surface area contributed by atoms with E-state index in [4.69, 9.17) is 10.00 Å². The maximum absolute atomic E-state index is 15.2. The molecule has 0 bridgehead atoms. The van der Waals surface area contributed by atoms with Crippen molar-refractivity contribution in [3.05, 3.63) is 58.7 Å². The van der Waals surface area contributed by atoms with Crippen molar-refractivity contribution >= 4 is 33.4 Å². The van der Waals surface area contributed by atoms with Crippen LogP contribution in [0, 0.1) is 24.1 Å². The van der Waals surface area contributed by atoms with Crippen LogP contribution in [0.1, 0.15) is 74.1 Å². The Balaban J connectivity index is 1.71. The van der Waals surface area contributed by atoms with Gasteiger partial charge in [0.15, 0.2) is 9.84 Å². The SMILES string of the molecule is Cc1cc(C#N)cnc1C(=O)Nc1ccc(F)c([C@]2(C)CS(=O)(=O)C3(CCC3)C(NC(=O)OC(C)(C)C)=N2)c1. The van der Waals surface area contributed by atoms with Crippen LogP contribution < -0.4 is 10.6 Å². The number of carbonyl (C=O) groups excluding carboxylic acids is 2. The standard InChI is InChI=1S/C27H30FN5O5S/c1-16-11-17(13-29)14-30-21(16)22(34)31-18-7-8-20(28)19(12-18)26(5)15-39(36,37)27(9-6-10-27)23(33-26)32-24(35)38-25(2,3)4/h7-8,11-12,14H,6,9-10,15H2,1-5H3,(H,31,34)(H,32,33,35)/t26-/m0/s1. The molecule has 1 fully saturated rings. The number of hydrogen-bond acceptors (Lipinski definition) is 8. The smallest absolute Gasteiger partial charge is 0.413 e. The molecule has 10 nitrogen and oxygen atoms in total. The van der Waals surface area contributed by atoms with Gasteiger partial charge < -0.3 is 10.1 Å². The zero-order valence-corrected chi connectivity index (χ0v) is 23.2. The Morgan fingerprint density at radius 2 is 1.87 bits per heavy atom. The maximum atomic E-state index is 15.2. The molecule has 2 N–H and O–H groups in total. The molecule has 1 aromatic heterocycles. The van der Waals surface area contributed by atoms with Gasteiger partial charge in [0.25, 0.3) is 5.91 Å². The van der Waals surface area contributed by atoms with E-state index in [1.807, 2.05) is 6.07 Å². The second-order valence-electron chi connectivity index (χ2n) is 11.1. The lowest BCUT2D eigenvalue weighted by atomic mass is 9.82. The van der Waals surface area contributed by atoms with Crippen molar-refractivity contribution in [2.24, 2.45) is 4.99 Å². The minimum Gasteiger partial charge on any atom is -0.444 e. The highest BCUT2D eigenvalue weighted by Crippen LogP contribution is 2.48. The summed E-state index contributed by atoms with van der Waals surface area (Å²) in [7, 11) is -3.88. The third-order valence-electron chi connectivity index (χ3n) is 6.86. The Labute approximate surface area is 226 Å². The Morgan fingerprint density at radius 3 is 2.44 bits per heavy atom. The summed E-state index contributed by atoms with van der Waals surface area (Å²) >= 11 is 0. The number of alkyl carbamates (subject to hydrolysis) is 1. The Bertz CT molecular complexity index is 1540. The first-order valence-electron chi connectivity index (χ1n) is 12.4. The molecule has 12 heteroatoms. The van der Waals surface area contributed by atoms with Gasteiger partial charge in [-0.25, -0.2) is 22.6 Å². The molecule has 0 radical (unpaired) electrons. The van der Waals surface area contributed by atoms with Crippen molar-refractivity contribution in [3.63, 3.8) is 0 Å². The fourth-order valence-corrected chi connectivity index (χ4v) is 7.38. The molecule has 1 atom stereocenters. The molecule has 0 saturated heterocycles. The maximum Gasteiger partial charge on any atom is 0.413 e. The zero-order chi connectivity index (χ0) is 28.8. The summed E-state index contributed by atoms with van der Waals surface area (Å²) in [5.74, 6) is -1.85. The molecule has 2 heterocycles. The number of pyridine rings is 1. The molecule has 1 aliphatic heterocycles. The van der Waals surface area contributed by atoms with E-state index < -0.39 is 49.3 Å². The average molecular weight is 556 g/mol. The van der Waals surface area contributed by atoms with Gasteiger partial charge >= 0.3 is 6.09 Å². The van der Waals surface area contributed by atoms with Crippen LogP contribution in [0.25, 0.3) is 0 Å². The minimum absolute atomic E-state index is 0.0638. The number of ether oxygens (including phenoxy) is 1. The van der Waals surface area contributed by atoms with E-state index in [2.05, 4.69) is 20.6 Å². The number of nitrogens with one attached hydrogen (secondary N) is 2. The van der Waals surface area contributed by atoms with E-state index in [-0.39, 0.29) is 35.6 Å². The van der Waals surface area contributed by atoms with Gasteiger partial charge in [0.1, 0.15) is 39.3 Å². The first-order valence-corrected chi connectivity index (χ1v) is 14.1. The van der Waals surface area contributed by atoms with Crippen molar-refractivity contribution in [1.82, 2.24) is 10.3 Å². The van der Waals surface area contributed by atoms with Crippen LogP contribution in [0.3, 0.4) is 0 Å². The van der Waals surface area contributed by atoms with Crippen LogP contribution in [0.5, 0.6) is 0 Å². The van der Waals surface area contributed by atoms with Crippen molar-refractivity contribution in [2.75, 3.05) is 11.1 Å². The third kappa shape index (κ3) is 5.36. The Morgan fingerprint density at radius 1 is 1.18 bits per heavy atom. The predicted molar refractivity (Wildman–Crippen MR) is 143 cm³/mol. The topological polar surface area (TPSA) is 151 Å². The van der Waals surface area contributed by atoms with Crippen LogP contribution in [0.15, 0.2) is 35.5 Å². The van der Waals surface area contributed by atoms with E-state index in [0.717, 1.165) is 6.07 Å². The summed E-state index contributed by atoms with van der Waals surface area (Å²) in [4.78, 5) is 34.1. The van der Waals surface area contributed by atoms with Gasteiger partial charge in [0.2, 0.25) is 0 Å². The summed E-state index contributed by atoms with van der Waals surface area (Å²) in [5, 5.41) is 14.2. The fourth-order valence-electron chi connectivity index (χ4n) is 4.84. The molecule has 1 saturated carbocycles. The number of nitriles is 1. The summed E-state index contributed by atoms with van der Waals surface area (Å²) in [6.45, 7) is 8.15. The van der Waals surface area contributed by atoms with E-state index in [1.54, 1.807) is 27.7 Å². The number of benzene rings is 1. The van der Waals surface area contributed by atoms with E-state index in [1.165, 1.54) is 31.3 Å². The molecule has 206 valence electrons. The number of aliphatic imine (C=N–C) groups is 1. The van der Waals surface area contributed by atoms with Crippen molar-refractivity contribution < 1.29 is 27.1 Å². The molecule has 2 aromatic rings. The largest absolute Gasteiger partial charge is 0.444 e. The molecule has 2 aliphatic rings.